The Bertz CT molecular complexity index is 1010. The highest BCUT2D eigenvalue weighted by molar-refractivity contribution is 6.30. The number of hydrogen-bond donors (Lipinski definition) is 1. The standard InChI is InChI=1S/C20H17ClFN3O2/c21-15-3-1-13(2-4-15)19(26)24-7-9-25(10-8-24)20(27)18-12-14-11-16(22)5-6-17(14)23-18/h1-6,11-12,23H,7-10H2. The van der Waals surface area contributed by atoms with E-state index in [4.69, 9.17) is 11.6 Å². The third-order valence-corrected chi connectivity index (χ3v) is 5.01. The number of halogens is 2. The third-order valence-electron chi connectivity index (χ3n) is 4.76. The lowest BCUT2D eigenvalue weighted by atomic mass is 10.2. The summed E-state index contributed by atoms with van der Waals surface area (Å²) in [7, 11) is 0. The van der Waals surface area contributed by atoms with E-state index in [9.17, 15) is 14.0 Å². The highest BCUT2D eigenvalue weighted by Crippen LogP contribution is 2.19. The summed E-state index contributed by atoms with van der Waals surface area (Å²) in [5.74, 6) is -0.556. The van der Waals surface area contributed by atoms with Crippen molar-refractivity contribution in [3.05, 3.63) is 70.6 Å². The summed E-state index contributed by atoms with van der Waals surface area (Å²) in [6.45, 7) is 1.81. The lowest BCUT2D eigenvalue weighted by Crippen LogP contribution is -2.50. The molecule has 2 heterocycles. The molecule has 4 rings (SSSR count). The van der Waals surface area contributed by atoms with Gasteiger partial charge in [-0.3, -0.25) is 9.59 Å². The van der Waals surface area contributed by atoms with Crippen LogP contribution in [0.5, 0.6) is 0 Å². The first-order chi connectivity index (χ1) is 13.0. The molecule has 138 valence electrons. The first kappa shape index (κ1) is 17.5. The second-order valence-electron chi connectivity index (χ2n) is 6.51. The average Bonchev–Trinajstić information content (AvgIpc) is 3.11. The van der Waals surface area contributed by atoms with Crippen LogP contribution >= 0.6 is 11.6 Å². The molecule has 2 aromatic carbocycles. The van der Waals surface area contributed by atoms with Gasteiger partial charge < -0.3 is 14.8 Å². The minimum atomic E-state index is -0.338. The zero-order valence-corrected chi connectivity index (χ0v) is 15.2. The molecule has 7 heteroatoms. The third kappa shape index (κ3) is 3.53. The molecule has 5 nitrogen and oxygen atoms in total. The van der Waals surface area contributed by atoms with E-state index in [1.165, 1.54) is 12.1 Å². The quantitative estimate of drug-likeness (QED) is 0.733. The van der Waals surface area contributed by atoms with Crippen molar-refractivity contribution < 1.29 is 14.0 Å². The smallest absolute Gasteiger partial charge is 0.270 e. The summed E-state index contributed by atoms with van der Waals surface area (Å²) in [5, 5.41) is 1.25. The normalized spacial score (nSPS) is 14.6. The maximum Gasteiger partial charge on any atom is 0.270 e. The van der Waals surface area contributed by atoms with Crippen molar-refractivity contribution in [2.45, 2.75) is 0 Å². The maximum absolute atomic E-state index is 13.3. The van der Waals surface area contributed by atoms with E-state index in [1.807, 2.05) is 0 Å². The molecule has 1 aliphatic rings. The SMILES string of the molecule is O=C(c1ccc(Cl)cc1)N1CCN(C(=O)c2cc3cc(F)ccc3[nH]2)CC1. The number of rotatable bonds is 2. The van der Waals surface area contributed by atoms with Gasteiger partial charge in [-0.2, -0.15) is 0 Å². The number of nitrogens with one attached hydrogen (secondary N) is 1. The number of piperazine rings is 1. The van der Waals surface area contributed by atoms with E-state index in [1.54, 1.807) is 46.2 Å². The van der Waals surface area contributed by atoms with Crippen LogP contribution in [0.4, 0.5) is 4.39 Å². The van der Waals surface area contributed by atoms with Gasteiger partial charge in [0.05, 0.1) is 0 Å². The Labute approximate surface area is 160 Å². The molecular weight excluding hydrogens is 369 g/mol. The number of hydrogen-bond acceptors (Lipinski definition) is 2. The van der Waals surface area contributed by atoms with Crippen LogP contribution in [-0.2, 0) is 0 Å². The van der Waals surface area contributed by atoms with Gasteiger partial charge in [-0.15, -0.1) is 0 Å². The minimum absolute atomic E-state index is 0.0696. The van der Waals surface area contributed by atoms with E-state index < -0.39 is 0 Å². The number of nitrogens with zero attached hydrogens (tertiary/aromatic N) is 2. The predicted octanol–water partition coefficient (Wildman–Crippen LogP) is 3.56. The Kier molecular flexibility index (Phi) is 4.58. The van der Waals surface area contributed by atoms with Crippen molar-refractivity contribution in [2.24, 2.45) is 0 Å². The largest absolute Gasteiger partial charge is 0.351 e. The Morgan fingerprint density at radius 1 is 0.889 bits per heavy atom. The number of benzene rings is 2. The topological polar surface area (TPSA) is 56.4 Å². The Balaban J connectivity index is 1.42. The van der Waals surface area contributed by atoms with Crippen LogP contribution in [0.15, 0.2) is 48.5 Å². The van der Waals surface area contributed by atoms with Crippen LogP contribution in [0.2, 0.25) is 5.02 Å². The summed E-state index contributed by atoms with van der Waals surface area (Å²) in [6.07, 6.45) is 0. The summed E-state index contributed by atoms with van der Waals surface area (Å²) >= 11 is 5.86. The van der Waals surface area contributed by atoms with Gasteiger partial charge in [0.15, 0.2) is 0 Å². The van der Waals surface area contributed by atoms with Gasteiger partial charge in [0.1, 0.15) is 11.5 Å². The molecule has 0 radical (unpaired) electrons. The molecule has 2 amide bonds. The van der Waals surface area contributed by atoms with Crippen LogP contribution < -0.4 is 0 Å². The van der Waals surface area contributed by atoms with E-state index in [0.717, 1.165) is 5.52 Å². The summed E-state index contributed by atoms with van der Waals surface area (Å²) in [6, 6.07) is 12.8. The molecule has 1 saturated heterocycles. The molecule has 27 heavy (non-hydrogen) atoms. The van der Waals surface area contributed by atoms with Gasteiger partial charge in [0.2, 0.25) is 0 Å². The summed E-state index contributed by atoms with van der Waals surface area (Å²) in [5.41, 5.74) is 1.72. The van der Waals surface area contributed by atoms with E-state index >= 15 is 0 Å². The highest BCUT2D eigenvalue weighted by atomic mass is 35.5. The molecule has 1 fully saturated rings. The monoisotopic (exact) mass is 385 g/mol. The minimum Gasteiger partial charge on any atom is -0.351 e. The summed E-state index contributed by atoms with van der Waals surface area (Å²) < 4.78 is 13.3. The molecule has 0 unspecified atom stereocenters. The molecule has 0 saturated carbocycles. The molecule has 0 spiro atoms. The first-order valence-corrected chi connectivity index (χ1v) is 9.01. The van der Waals surface area contributed by atoms with Crippen molar-refractivity contribution in [3.8, 4) is 0 Å². The molecule has 1 aromatic heterocycles. The number of aromatic amines is 1. The van der Waals surface area contributed by atoms with Gasteiger partial charge in [0, 0.05) is 47.7 Å². The maximum atomic E-state index is 13.3. The molecular formula is C20H17ClFN3O2. The molecule has 0 bridgehead atoms. The predicted molar refractivity (Wildman–Crippen MR) is 102 cm³/mol. The second-order valence-corrected chi connectivity index (χ2v) is 6.94. The lowest BCUT2D eigenvalue weighted by molar-refractivity contribution is 0.0533. The molecule has 0 atom stereocenters. The van der Waals surface area contributed by atoms with Crippen LogP contribution in [0, 0.1) is 5.82 Å². The number of fused-ring (bicyclic) bond motifs is 1. The Morgan fingerprint density at radius 3 is 2.19 bits per heavy atom. The van der Waals surface area contributed by atoms with E-state index in [2.05, 4.69) is 4.98 Å². The molecule has 0 aliphatic carbocycles. The summed E-state index contributed by atoms with van der Waals surface area (Å²) in [4.78, 5) is 31.7. The van der Waals surface area contributed by atoms with Crippen LogP contribution in [0.3, 0.4) is 0 Å². The van der Waals surface area contributed by atoms with Gasteiger partial charge in [-0.25, -0.2) is 4.39 Å². The fourth-order valence-electron chi connectivity index (χ4n) is 3.28. The number of carbonyl (C=O) groups is 2. The highest BCUT2D eigenvalue weighted by Gasteiger charge is 2.26. The van der Waals surface area contributed by atoms with Gasteiger partial charge in [-0.1, -0.05) is 11.6 Å². The fourth-order valence-corrected chi connectivity index (χ4v) is 3.40. The van der Waals surface area contributed by atoms with E-state index in [0.29, 0.717) is 47.8 Å². The number of aromatic nitrogens is 1. The van der Waals surface area contributed by atoms with Gasteiger partial charge in [-0.05, 0) is 48.5 Å². The molecule has 1 N–H and O–H groups in total. The zero-order chi connectivity index (χ0) is 19.0. The van der Waals surface area contributed by atoms with Crippen LogP contribution in [-0.4, -0.2) is 52.8 Å². The second kappa shape index (κ2) is 7.04. The van der Waals surface area contributed by atoms with Crippen molar-refractivity contribution in [2.75, 3.05) is 26.2 Å². The number of carbonyl (C=O) groups excluding carboxylic acids is 2. The van der Waals surface area contributed by atoms with Gasteiger partial charge in [0.25, 0.3) is 11.8 Å². The number of H-pyrrole nitrogens is 1. The lowest BCUT2D eigenvalue weighted by Gasteiger charge is -2.34. The van der Waals surface area contributed by atoms with Crippen molar-refractivity contribution >= 4 is 34.3 Å². The van der Waals surface area contributed by atoms with E-state index in [-0.39, 0.29) is 17.6 Å². The Morgan fingerprint density at radius 2 is 1.52 bits per heavy atom. The van der Waals surface area contributed by atoms with Crippen LogP contribution in [0.1, 0.15) is 20.8 Å². The molecule has 1 aliphatic heterocycles. The Hall–Kier alpha value is -2.86. The zero-order valence-electron chi connectivity index (χ0n) is 14.4. The average molecular weight is 386 g/mol. The molecule has 3 aromatic rings. The fraction of sp³-hybridized carbons (Fsp3) is 0.200. The van der Waals surface area contributed by atoms with Crippen molar-refractivity contribution in [1.29, 1.82) is 0 Å². The number of amides is 2. The van der Waals surface area contributed by atoms with Gasteiger partial charge >= 0.3 is 0 Å². The van der Waals surface area contributed by atoms with Crippen LogP contribution in [0.25, 0.3) is 10.9 Å². The van der Waals surface area contributed by atoms with Crippen molar-refractivity contribution in [1.82, 2.24) is 14.8 Å². The first-order valence-electron chi connectivity index (χ1n) is 8.64. The van der Waals surface area contributed by atoms with Crippen molar-refractivity contribution in [3.63, 3.8) is 0 Å².